The van der Waals surface area contributed by atoms with E-state index in [1.54, 1.807) is 33.7 Å². The lowest BCUT2D eigenvalue weighted by molar-refractivity contribution is 0.110. The fourth-order valence-electron chi connectivity index (χ4n) is 1.76. The third-order valence-electron chi connectivity index (χ3n) is 2.54. The molecule has 1 heterocycles. The molecule has 0 bridgehead atoms. The molecule has 1 atom stereocenters. The van der Waals surface area contributed by atoms with E-state index >= 15 is 0 Å². The second-order valence-electron chi connectivity index (χ2n) is 3.15. The Kier molecular flexibility index (Phi) is 4.46. The molecule has 0 amide bonds. The summed E-state index contributed by atoms with van der Waals surface area (Å²) in [6.07, 6.45) is 4.37. The second kappa shape index (κ2) is 5.41. The van der Waals surface area contributed by atoms with Crippen molar-refractivity contribution in [3.8, 4) is 0 Å². The van der Waals surface area contributed by atoms with Crippen LogP contribution in [0.3, 0.4) is 0 Å². The van der Waals surface area contributed by atoms with Crippen LogP contribution >= 0.6 is 0 Å². The molecule has 0 aliphatic rings. The largest absolute Gasteiger partial charge is 0.511 e. The Bertz CT molecular complexity index is 267. The average molecular weight is 230 g/mol. The molecule has 0 radical (unpaired) electrons. The van der Waals surface area contributed by atoms with Crippen molar-refractivity contribution in [2.75, 3.05) is 21.3 Å². The van der Waals surface area contributed by atoms with Crippen molar-refractivity contribution in [2.24, 2.45) is 0 Å². The van der Waals surface area contributed by atoms with Crippen LogP contribution in [0.2, 0.25) is 0 Å². The lowest BCUT2D eigenvalue weighted by atomic mass is 10.3. The molecule has 0 aliphatic heterocycles. The van der Waals surface area contributed by atoms with E-state index in [4.69, 9.17) is 13.3 Å². The van der Waals surface area contributed by atoms with Crippen molar-refractivity contribution in [3.05, 3.63) is 18.2 Å². The van der Waals surface area contributed by atoms with E-state index in [1.807, 2.05) is 0 Å². The smallest absolute Gasteiger partial charge is 0.376 e. The first-order valence-corrected chi connectivity index (χ1v) is 6.69. The summed E-state index contributed by atoms with van der Waals surface area (Å²) in [5, 5.41) is 0. The van der Waals surface area contributed by atoms with Gasteiger partial charge in [-0.25, -0.2) is 4.98 Å². The van der Waals surface area contributed by atoms with Gasteiger partial charge in [0, 0.05) is 33.7 Å². The van der Waals surface area contributed by atoms with E-state index in [0.717, 1.165) is 12.2 Å². The Morgan fingerprint density at radius 2 is 1.93 bits per heavy atom. The maximum absolute atomic E-state index is 5.45. The van der Waals surface area contributed by atoms with Gasteiger partial charge in [0.15, 0.2) is 0 Å². The first-order chi connectivity index (χ1) is 7.24. The number of aromatic nitrogens is 2. The minimum Gasteiger partial charge on any atom is -0.376 e. The zero-order chi connectivity index (χ0) is 11.3. The lowest BCUT2D eigenvalue weighted by Crippen LogP contribution is -2.49. The predicted molar refractivity (Wildman–Crippen MR) is 58.4 cm³/mol. The highest BCUT2D eigenvalue weighted by atomic mass is 28.4. The monoisotopic (exact) mass is 230 g/mol. The molecule has 86 valence electrons. The van der Waals surface area contributed by atoms with E-state index in [9.17, 15) is 0 Å². The summed E-state index contributed by atoms with van der Waals surface area (Å²) >= 11 is 0. The fraction of sp³-hybridized carbons (Fsp3) is 0.667. The van der Waals surface area contributed by atoms with Crippen LogP contribution in [-0.4, -0.2) is 40.1 Å². The lowest BCUT2D eigenvalue weighted by Gasteiger charge is -2.30. The molecule has 0 spiro atoms. The maximum Gasteiger partial charge on any atom is 0.511 e. The summed E-state index contributed by atoms with van der Waals surface area (Å²) in [5.41, 5.74) is 0.0486. The highest BCUT2D eigenvalue weighted by Crippen LogP contribution is 2.29. The molecule has 1 unspecified atom stereocenters. The zero-order valence-electron chi connectivity index (χ0n) is 9.61. The van der Waals surface area contributed by atoms with E-state index < -0.39 is 8.80 Å². The van der Waals surface area contributed by atoms with E-state index in [-0.39, 0.29) is 5.54 Å². The second-order valence-corrected chi connectivity index (χ2v) is 6.28. The van der Waals surface area contributed by atoms with Crippen molar-refractivity contribution in [1.29, 1.82) is 0 Å². The Morgan fingerprint density at radius 3 is 2.27 bits per heavy atom. The summed E-state index contributed by atoms with van der Waals surface area (Å²) in [6, 6.07) is 0. The molecule has 0 aromatic carbocycles. The van der Waals surface area contributed by atoms with Gasteiger partial charge in [0.1, 0.15) is 5.82 Å². The highest BCUT2D eigenvalue weighted by Gasteiger charge is 2.48. The molecule has 0 saturated heterocycles. The minimum atomic E-state index is -2.65. The van der Waals surface area contributed by atoms with Gasteiger partial charge in [-0.15, -0.1) is 0 Å². The summed E-state index contributed by atoms with van der Waals surface area (Å²) in [4.78, 5) is 7.32. The van der Waals surface area contributed by atoms with Crippen molar-refractivity contribution < 1.29 is 13.3 Å². The molecule has 15 heavy (non-hydrogen) atoms. The van der Waals surface area contributed by atoms with Crippen LogP contribution in [0.15, 0.2) is 12.4 Å². The number of hydrogen-bond acceptors (Lipinski definition) is 4. The number of rotatable bonds is 6. The van der Waals surface area contributed by atoms with Gasteiger partial charge in [-0.05, 0) is 6.42 Å². The molecule has 1 aromatic rings. The Balaban J connectivity index is 2.98. The molecule has 1 rings (SSSR count). The standard InChI is InChI=1S/C9H18N2O3Si/c1-5-8(9-10-6-7-11-9)15(12-2,13-3)14-4/h6-8H,5H2,1-4H3,(H,10,11). The minimum absolute atomic E-state index is 0.0486. The van der Waals surface area contributed by atoms with Crippen LogP contribution < -0.4 is 0 Å². The molecule has 5 nitrogen and oxygen atoms in total. The molecule has 6 heteroatoms. The topological polar surface area (TPSA) is 56.4 Å². The Hall–Kier alpha value is -0.693. The van der Waals surface area contributed by atoms with E-state index in [0.29, 0.717) is 0 Å². The first-order valence-electron chi connectivity index (χ1n) is 4.88. The predicted octanol–water partition coefficient (Wildman–Crippen LogP) is 1.32. The van der Waals surface area contributed by atoms with E-state index in [2.05, 4.69) is 16.9 Å². The van der Waals surface area contributed by atoms with Gasteiger partial charge in [-0.1, -0.05) is 6.92 Å². The molecule has 1 N–H and O–H groups in total. The Morgan fingerprint density at radius 1 is 1.33 bits per heavy atom. The molecular weight excluding hydrogens is 212 g/mol. The molecule has 0 fully saturated rings. The molecule has 0 saturated carbocycles. The van der Waals surface area contributed by atoms with Gasteiger partial charge >= 0.3 is 8.80 Å². The number of aromatic amines is 1. The van der Waals surface area contributed by atoms with Crippen molar-refractivity contribution in [3.63, 3.8) is 0 Å². The van der Waals surface area contributed by atoms with Gasteiger partial charge in [-0.3, -0.25) is 0 Å². The number of nitrogens with one attached hydrogen (secondary N) is 1. The number of H-pyrrole nitrogens is 1. The Labute approximate surface area is 91.1 Å². The van der Waals surface area contributed by atoms with Gasteiger partial charge in [0.05, 0.1) is 5.54 Å². The van der Waals surface area contributed by atoms with Crippen molar-refractivity contribution in [2.45, 2.75) is 18.9 Å². The van der Waals surface area contributed by atoms with Gasteiger partial charge in [0.2, 0.25) is 0 Å². The number of imidazole rings is 1. The summed E-state index contributed by atoms with van der Waals surface area (Å²) in [6.45, 7) is 2.06. The van der Waals surface area contributed by atoms with Gasteiger partial charge in [-0.2, -0.15) is 0 Å². The first kappa shape index (κ1) is 12.4. The average Bonchev–Trinajstić information content (AvgIpc) is 2.79. The van der Waals surface area contributed by atoms with Gasteiger partial charge in [0.25, 0.3) is 0 Å². The van der Waals surface area contributed by atoms with Crippen LogP contribution in [0.1, 0.15) is 24.7 Å². The van der Waals surface area contributed by atoms with Gasteiger partial charge < -0.3 is 18.3 Å². The summed E-state index contributed by atoms with van der Waals surface area (Å²) < 4.78 is 16.3. The fourth-order valence-corrected chi connectivity index (χ4v) is 4.10. The quantitative estimate of drug-likeness (QED) is 0.749. The zero-order valence-corrected chi connectivity index (χ0v) is 10.6. The van der Waals surface area contributed by atoms with Crippen LogP contribution in [-0.2, 0) is 13.3 Å². The molecule has 0 aliphatic carbocycles. The van der Waals surface area contributed by atoms with Crippen LogP contribution in [0, 0.1) is 0 Å². The van der Waals surface area contributed by atoms with E-state index in [1.165, 1.54) is 0 Å². The van der Waals surface area contributed by atoms with Crippen molar-refractivity contribution >= 4 is 8.80 Å². The third-order valence-corrected chi connectivity index (χ3v) is 5.78. The van der Waals surface area contributed by atoms with Crippen LogP contribution in [0.5, 0.6) is 0 Å². The molecule has 1 aromatic heterocycles. The normalized spacial score (nSPS) is 14.1. The van der Waals surface area contributed by atoms with Crippen LogP contribution in [0.25, 0.3) is 0 Å². The maximum atomic E-state index is 5.45. The summed E-state index contributed by atoms with van der Waals surface area (Å²) in [5.74, 6) is 0.856. The van der Waals surface area contributed by atoms with Crippen molar-refractivity contribution in [1.82, 2.24) is 9.97 Å². The molecular formula is C9H18N2O3Si. The number of nitrogens with zero attached hydrogens (tertiary/aromatic N) is 1. The SMILES string of the molecule is CCC(c1ncc[nH]1)[Si](OC)(OC)OC. The third kappa shape index (κ3) is 2.28. The summed E-state index contributed by atoms with van der Waals surface area (Å²) in [7, 11) is 2.20. The van der Waals surface area contributed by atoms with Crippen LogP contribution in [0.4, 0.5) is 0 Å². The number of hydrogen-bond donors (Lipinski definition) is 1. The highest BCUT2D eigenvalue weighted by molar-refractivity contribution is 6.62.